The van der Waals surface area contributed by atoms with Crippen LogP contribution in [0.1, 0.15) is 36.9 Å². The number of methoxy groups -OCH3 is 1. The number of nitrogens with one attached hydrogen (secondary N) is 1. The molecule has 0 saturated carbocycles. The van der Waals surface area contributed by atoms with Crippen LogP contribution in [0.3, 0.4) is 0 Å². The number of hydrogen-bond acceptors (Lipinski definition) is 3. The number of nitrogens with zero attached hydrogens (tertiary/aromatic N) is 1. The molecule has 2 heterocycles. The van der Waals surface area contributed by atoms with Gasteiger partial charge < -0.3 is 9.72 Å². The molecule has 1 saturated heterocycles. The Morgan fingerprint density at radius 1 is 1.07 bits per heavy atom. The number of piperidine rings is 1. The van der Waals surface area contributed by atoms with Gasteiger partial charge in [0.2, 0.25) is 10.0 Å². The van der Waals surface area contributed by atoms with E-state index in [1.54, 1.807) is 23.5 Å². The average Bonchev–Trinajstić information content (AvgIpc) is 3.17. The third kappa shape index (κ3) is 3.54. The lowest BCUT2D eigenvalue weighted by molar-refractivity contribution is 0.317. The van der Waals surface area contributed by atoms with Crippen LogP contribution in [0.4, 0.5) is 0 Å². The summed E-state index contributed by atoms with van der Waals surface area (Å²) in [5.74, 6) is 1.18. The zero-order chi connectivity index (χ0) is 19.7. The number of rotatable bonds is 5. The Bertz CT molecular complexity index is 1060. The van der Waals surface area contributed by atoms with E-state index in [2.05, 4.69) is 18.0 Å². The highest BCUT2D eigenvalue weighted by atomic mass is 32.2. The van der Waals surface area contributed by atoms with Crippen molar-refractivity contribution in [2.75, 3.05) is 20.2 Å². The topological polar surface area (TPSA) is 62.4 Å². The highest BCUT2D eigenvalue weighted by molar-refractivity contribution is 7.89. The summed E-state index contributed by atoms with van der Waals surface area (Å²) in [6.07, 6.45) is 2.54. The number of benzene rings is 2. The first-order chi connectivity index (χ1) is 13.5. The smallest absolute Gasteiger partial charge is 0.243 e. The second-order valence-electron chi connectivity index (χ2n) is 7.35. The number of hydrogen-bond donors (Lipinski definition) is 1. The summed E-state index contributed by atoms with van der Waals surface area (Å²) in [7, 11) is -1.75. The second kappa shape index (κ2) is 7.60. The van der Waals surface area contributed by atoms with Crippen LogP contribution in [0.15, 0.2) is 53.4 Å². The zero-order valence-corrected chi connectivity index (χ0v) is 17.1. The number of ether oxygens (including phenoxy) is 1. The molecule has 0 atom stereocenters. The fourth-order valence-corrected chi connectivity index (χ4v) is 5.40. The first-order valence-electron chi connectivity index (χ1n) is 9.77. The molecule has 1 aliphatic rings. The molecule has 1 aliphatic heterocycles. The van der Waals surface area contributed by atoms with Gasteiger partial charge in [-0.05, 0) is 61.2 Å². The van der Waals surface area contributed by atoms with E-state index >= 15 is 0 Å². The van der Waals surface area contributed by atoms with Gasteiger partial charge in [-0.2, -0.15) is 4.31 Å². The van der Waals surface area contributed by atoms with Crippen LogP contribution in [-0.2, 0) is 16.4 Å². The maximum Gasteiger partial charge on any atom is 0.243 e. The number of sulfonamides is 1. The Labute approximate surface area is 166 Å². The maximum absolute atomic E-state index is 12.9. The van der Waals surface area contributed by atoms with Crippen molar-refractivity contribution >= 4 is 20.9 Å². The van der Waals surface area contributed by atoms with Crippen LogP contribution < -0.4 is 4.74 Å². The molecular formula is C22H26N2O3S. The van der Waals surface area contributed by atoms with Crippen molar-refractivity contribution in [2.45, 2.75) is 37.0 Å². The van der Waals surface area contributed by atoms with E-state index in [0.717, 1.165) is 41.5 Å². The molecular weight excluding hydrogens is 372 g/mol. The van der Waals surface area contributed by atoms with Gasteiger partial charge in [0.15, 0.2) is 0 Å². The molecule has 0 radical (unpaired) electrons. The lowest BCUT2D eigenvalue weighted by Gasteiger charge is -2.30. The molecule has 5 nitrogen and oxygen atoms in total. The van der Waals surface area contributed by atoms with Crippen LogP contribution in [0.5, 0.6) is 5.75 Å². The molecule has 3 aromatic rings. The normalized spacial score (nSPS) is 16.5. The summed E-state index contributed by atoms with van der Waals surface area (Å²) < 4.78 is 32.8. The monoisotopic (exact) mass is 398 g/mol. The van der Waals surface area contributed by atoms with Crippen molar-refractivity contribution in [3.05, 3.63) is 59.8 Å². The predicted molar refractivity (Wildman–Crippen MR) is 111 cm³/mol. The highest BCUT2D eigenvalue weighted by Gasteiger charge is 2.30. The van der Waals surface area contributed by atoms with Crippen LogP contribution in [0.2, 0.25) is 0 Å². The number of aromatic amines is 1. The van der Waals surface area contributed by atoms with Gasteiger partial charge in [0, 0.05) is 35.6 Å². The summed E-state index contributed by atoms with van der Waals surface area (Å²) >= 11 is 0. The standard InChI is InChI=1S/C22H26N2O3S/c1-3-16-4-7-20(8-5-16)28(25,26)24-12-10-17(11-13-24)22-15-18-14-19(27-2)6-9-21(18)23-22/h4-9,14-15,17,23H,3,10-13H2,1-2H3. The van der Waals surface area contributed by atoms with Crippen LogP contribution in [0, 0.1) is 0 Å². The summed E-state index contributed by atoms with van der Waals surface area (Å²) in [6.45, 7) is 3.15. The van der Waals surface area contributed by atoms with E-state index in [1.165, 1.54) is 5.69 Å². The average molecular weight is 399 g/mol. The fraction of sp³-hybridized carbons (Fsp3) is 0.364. The number of H-pyrrole nitrogens is 1. The third-order valence-electron chi connectivity index (χ3n) is 5.71. The van der Waals surface area contributed by atoms with E-state index in [0.29, 0.717) is 23.9 Å². The maximum atomic E-state index is 12.9. The van der Waals surface area contributed by atoms with E-state index in [1.807, 2.05) is 30.3 Å². The van der Waals surface area contributed by atoms with Gasteiger partial charge in [-0.15, -0.1) is 0 Å². The number of aromatic nitrogens is 1. The fourth-order valence-electron chi connectivity index (χ4n) is 3.93. The third-order valence-corrected chi connectivity index (χ3v) is 7.62. The van der Waals surface area contributed by atoms with Crippen molar-refractivity contribution in [3.8, 4) is 5.75 Å². The SMILES string of the molecule is CCc1ccc(S(=O)(=O)N2CCC(c3cc4cc(OC)ccc4[nH]3)CC2)cc1. The predicted octanol–water partition coefficient (Wildman–Crippen LogP) is 4.31. The molecule has 1 fully saturated rings. The summed E-state index contributed by atoms with van der Waals surface area (Å²) in [5.41, 5.74) is 3.41. The molecule has 0 spiro atoms. The molecule has 28 heavy (non-hydrogen) atoms. The van der Waals surface area contributed by atoms with Crippen molar-refractivity contribution in [2.24, 2.45) is 0 Å². The molecule has 0 unspecified atom stereocenters. The molecule has 2 aromatic carbocycles. The summed E-state index contributed by atoms with van der Waals surface area (Å²) in [6, 6.07) is 15.4. The minimum absolute atomic E-state index is 0.340. The number of fused-ring (bicyclic) bond motifs is 1. The summed E-state index contributed by atoms with van der Waals surface area (Å²) in [5, 5.41) is 1.13. The Morgan fingerprint density at radius 2 is 1.79 bits per heavy atom. The second-order valence-corrected chi connectivity index (χ2v) is 9.29. The molecule has 6 heteroatoms. The Hall–Kier alpha value is -2.31. The molecule has 0 bridgehead atoms. The van der Waals surface area contributed by atoms with Gasteiger partial charge >= 0.3 is 0 Å². The molecule has 0 aliphatic carbocycles. The Balaban J connectivity index is 1.48. The quantitative estimate of drug-likeness (QED) is 0.697. The molecule has 148 valence electrons. The molecule has 1 aromatic heterocycles. The van der Waals surface area contributed by atoms with Crippen molar-refractivity contribution < 1.29 is 13.2 Å². The molecule has 0 amide bonds. The van der Waals surface area contributed by atoms with Crippen LogP contribution >= 0.6 is 0 Å². The van der Waals surface area contributed by atoms with E-state index in [4.69, 9.17) is 4.74 Å². The van der Waals surface area contributed by atoms with Gasteiger partial charge in [-0.3, -0.25) is 0 Å². The molecule has 1 N–H and O–H groups in total. The van der Waals surface area contributed by atoms with Gasteiger partial charge in [0.1, 0.15) is 5.75 Å². The van der Waals surface area contributed by atoms with E-state index in [9.17, 15) is 8.42 Å². The lowest BCUT2D eigenvalue weighted by Crippen LogP contribution is -2.37. The molecule has 4 rings (SSSR count). The van der Waals surface area contributed by atoms with E-state index < -0.39 is 10.0 Å². The first-order valence-corrected chi connectivity index (χ1v) is 11.2. The largest absolute Gasteiger partial charge is 0.497 e. The van der Waals surface area contributed by atoms with Gasteiger partial charge in [0.25, 0.3) is 0 Å². The summed E-state index contributed by atoms with van der Waals surface area (Å²) in [4.78, 5) is 3.88. The van der Waals surface area contributed by atoms with Gasteiger partial charge in [-0.25, -0.2) is 8.42 Å². The minimum Gasteiger partial charge on any atom is -0.497 e. The van der Waals surface area contributed by atoms with E-state index in [-0.39, 0.29) is 0 Å². The minimum atomic E-state index is -3.42. The lowest BCUT2D eigenvalue weighted by atomic mass is 9.95. The Kier molecular flexibility index (Phi) is 5.17. The van der Waals surface area contributed by atoms with Crippen LogP contribution in [-0.4, -0.2) is 37.9 Å². The highest BCUT2D eigenvalue weighted by Crippen LogP contribution is 2.33. The zero-order valence-electron chi connectivity index (χ0n) is 16.3. The van der Waals surface area contributed by atoms with Crippen molar-refractivity contribution in [1.29, 1.82) is 0 Å². The van der Waals surface area contributed by atoms with Gasteiger partial charge in [0.05, 0.1) is 12.0 Å². The van der Waals surface area contributed by atoms with Gasteiger partial charge in [-0.1, -0.05) is 19.1 Å². The Morgan fingerprint density at radius 3 is 2.43 bits per heavy atom. The van der Waals surface area contributed by atoms with Crippen molar-refractivity contribution in [1.82, 2.24) is 9.29 Å². The number of aryl methyl sites for hydroxylation is 1. The first kappa shape index (κ1) is 19.0. The van der Waals surface area contributed by atoms with Crippen molar-refractivity contribution in [3.63, 3.8) is 0 Å². The van der Waals surface area contributed by atoms with Crippen LogP contribution in [0.25, 0.3) is 10.9 Å².